The van der Waals surface area contributed by atoms with Crippen molar-refractivity contribution in [2.45, 2.75) is 45.8 Å². The molecule has 1 fully saturated rings. The Morgan fingerprint density at radius 2 is 1.59 bits per heavy atom. The monoisotopic (exact) mass is 418 g/mol. The van der Waals surface area contributed by atoms with Crippen LogP contribution in [0.5, 0.6) is 0 Å². The first-order valence-corrected chi connectivity index (χ1v) is 9.06. The largest absolute Gasteiger partial charge is 0.350 e. The lowest BCUT2D eigenvalue weighted by Gasteiger charge is -2.15. The number of hydrogen-bond acceptors (Lipinski definition) is 4. The minimum Gasteiger partial charge on any atom is -0.350 e. The van der Waals surface area contributed by atoms with E-state index in [9.17, 15) is 9.59 Å². The standard InChI is InChI=1S/C19H30N4O2.2ClH/c1-14(2)18(20)19(25)22-12-17(24)21-11-15-5-7-16(8-6-15)13-23-9-3-4-10-23;;/h5-8,14,18H,3-4,9-13,20H2,1-2H3,(H,21,24)(H,22,25);2*1H/t18-;;/m0../s1. The van der Waals surface area contributed by atoms with Gasteiger partial charge in [0.25, 0.3) is 0 Å². The van der Waals surface area contributed by atoms with Crippen LogP contribution in [0.2, 0.25) is 0 Å². The van der Waals surface area contributed by atoms with E-state index < -0.39 is 6.04 Å². The first-order valence-electron chi connectivity index (χ1n) is 9.06. The highest BCUT2D eigenvalue weighted by Crippen LogP contribution is 2.13. The topological polar surface area (TPSA) is 87.5 Å². The quantitative estimate of drug-likeness (QED) is 0.600. The molecule has 27 heavy (non-hydrogen) atoms. The molecule has 0 unspecified atom stereocenters. The highest BCUT2D eigenvalue weighted by Gasteiger charge is 2.17. The zero-order valence-electron chi connectivity index (χ0n) is 16.1. The summed E-state index contributed by atoms with van der Waals surface area (Å²) in [6, 6.07) is 7.72. The van der Waals surface area contributed by atoms with Crippen LogP contribution in [-0.2, 0) is 22.7 Å². The lowest BCUT2D eigenvalue weighted by atomic mass is 10.1. The fraction of sp³-hybridized carbons (Fsp3) is 0.579. The zero-order valence-corrected chi connectivity index (χ0v) is 17.7. The second-order valence-corrected chi connectivity index (χ2v) is 7.06. The molecule has 8 heteroatoms. The van der Waals surface area contributed by atoms with Gasteiger partial charge in [-0.3, -0.25) is 14.5 Å². The molecule has 0 radical (unpaired) electrons. The predicted octanol–water partition coefficient (Wildman–Crippen LogP) is 1.84. The number of nitrogens with one attached hydrogen (secondary N) is 2. The van der Waals surface area contributed by atoms with Crippen LogP contribution < -0.4 is 16.4 Å². The third kappa shape index (κ3) is 8.93. The highest BCUT2D eigenvalue weighted by molar-refractivity contribution is 5.87. The number of carbonyl (C=O) groups is 2. The van der Waals surface area contributed by atoms with Gasteiger partial charge in [-0.1, -0.05) is 38.1 Å². The Morgan fingerprint density at radius 3 is 2.15 bits per heavy atom. The van der Waals surface area contributed by atoms with Crippen LogP contribution in [-0.4, -0.2) is 42.4 Å². The Morgan fingerprint density at radius 1 is 1.04 bits per heavy atom. The molecule has 1 aromatic carbocycles. The van der Waals surface area contributed by atoms with E-state index in [4.69, 9.17) is 5.73 Å². The van der Waals surface area contributed by atoms with Gasteiger partial charge in [0.15, 0.2) is 0 Å². The average molecular weight is 419 g/mol. The van der Waals surface area contributed by atoms with Crippen LogP contribution >= 0.6 is 24.8 Å². The van der Waals surface area contributed by atoms with Crippen molar-refractivity contribution in [1.82, 2.24) is 15.5 Å². The van der Waals surface area contributed by atoms with Gasteiger partial charge in [0.2, 0.25) is 11.8 Å². The van der Waals surface area contributed by atoms with Crippen molar-refractivity contribution in [3.8, 4) is 0 Å². The predicted molar refractivity (Wildman–Crippen MR) is 113 cm³/mol. The van der Waals surface area contributed by atoms with E-state index in [1.807, 2.05) is 26.0 Å². The SMILES string of the molecule is CC(C)[C@H](N)C(=O)NCC(=O)NCc1ccc(CN2CCCC2)cc1.Cl.Cl. The summed E-state index contributed by atoms with van der Waals surface area (Å²) in [6.45, 7) is 7.51. The molecular weight excluding hydrogens is 387 g/mol. The number of amides is 2. The molecule has 1 aliphatic rings. The minimum absolute atomic E-state index is 0. The van der Waals surface area contributed by atoms with E-state index in [0.717, 1.165) is 12.1 Å². The molecule has 1 saturated heterocycles. The fourth-order valence-electron chi connectivity index (χ4n) is 2.81. The van der Waals surface area contributed by atoms with Gasteiger partial charge in [0, 0.05) is 13.1 Å². The van der Waals surface area contributed by atoms with Crippen LogP contribution in [0.25, 0.3) is 0 Å². The molecule has 0 aliphatic carbocycles. The van der Waals surface area contributed by atoms with Crippen molar-refractivity contribution >= 4 is 36.6 Å². The Bertz CT molecular complexity index is 576. The molecule has 1 aliphatic heterocycles. The number of carbonyl (C=O) groups excluding carboxylic acids is 2. The summed E-state index contributed by atoms with van der Waals surface area (Å²) in [6.07, 6.45) is 2.59. The van der Waals surface area contributed by atoms with Crippen molar-refractivity contribution in [1.29, 1.82) is 0 Å². The maximum absolute atomic E-state index is 11.8. The van der Waals surface area contributed by atoms with E-state index in [1.165, 1.54) is 31.5 Å². The van der Waals surface area contributed by atoms with Crippen LogP contribution in [0.3, 0.4) is 0 Å². The van der Waals surface area contributed by atoms with Gasteiger partial charge in [-0.05, 0) is 43.0 Å². The Balaban J connectivity index is 0.00000338. The maximum Gasteiger partial charge on any atom is 0.239 e. The van der Waals surface area contributed by atoms with Crippen LogP contribution in [0.15, 0.2) is 24.3 Å². The third-order valence-corrected chi connectivity index (χ3v) is 4.56. The Labute approximate surface area is 174 Å². The average Bonchev–Trinajstić information content (AvgIpc) is 3.11. The summed E-state index contributed by atoms with van der Waals surface area (Å²) in [5, 5.41) is 5.38. The molecule has 0 bridgehead atoms. The summed E-state index contributed by atoms with van der Waals surface area (Å²) >= 11 is 0. The normalized spacial score (nSPS) is 14.8. The second kappa shape index (κ2) is 12.9. The number of hydrogen-bond donors (Lipinski definition) is 3. The summed E-state index contributed by atoms with van der Waals surface area (Å²) in [7, 11) is 0. The first-order chi connectivity index (χ1) is 12.0. The van der Waals surface area contributed by atoms with Gasteiger partial charge in [-0.2, -0.15) is 0 Å². The zero-order chi connectivity index (χ0) is 18.2. The van der Waals surface area contributed by atoms with Gasteiger partial charge < -0.3 is 16.4 Å². The minimum atomic E-state index is -0.587. The number of halogens is 2. The fourth-order valence-corrected chi connectivity index (χ4v) is 2.81. The molecule has 4 N–H and O–H groups in total. The van der Waals surface area contributed by atoms with E-state index >= 15 is 0 Å². The molecule has 154 valence electrons. The smallest absolute Gasteiger partial charge is 0.239 e. The van der Waals surface area contributed by atoms with Gasteiger partial charge in [-0.25, -0.2) is 0 Å². The summed E-state index contributed by atoms with van der Waals surface area (Å²) < 4.78 is 0. The molecule has 1 heterocycles. The molecule has 2 rings (SSSR count). The molecule has 0 aromatic heterocycles. The summed E-state index contributed by atoms with van der Waals surface area (Å²) in [5.41, 5.74) is 8.08. The number of nitrogens with zero attached hydrogens (tertiary/aromatic N) is 1. The molecule has 0 spiro atoms. The molecule has 1 atom stereocenters. The first kappa shape index (κ1) is 25.7. The Kier molecular flexibility index (Phi) is 12.3. The van der Waals surface area contributed by atoms with Gasteiger partial charge >= 0.3 is 0 Å². The van der Waals surface area contributed by atoms with Crippen molar-refractivity contribution in [3.63, 3.8) is 0 Å². The molecule has 6 nitrogen and oxygen atoms in total. The Hall–Kier alpha value is -1.34. The summed E-state index contributed by atoms with van der Waals surface area (Å²) in [5.74, 6) is -0.469. The molecular formula is C19H32Cl2N4O2. The van der Waals surface area contributed by atoms with E-state index in [2.05, 4.69) is 27.7 Å². The summed E-state index contributed by atoms with van der Waals surface area (Å²) in [4.78, 5) is 26.0. The van der Waals surface area contributed by atoms with E-state index in [-0.39, 0.29) is 49.1 Å². The van der Waals surface area contributed by atoms with E-state index in [1.54, 1.807) is 0 Å². The van der Waals surface area contributed by atoms with E-state index in [0.29, 0.717) is 6.54 Å². The van der Waals surface area contributed by atoms with Crippen LogP contribution in [0.1, 0.15) is 37.8 Å². The van der Waals surface area contributed by atoms with Crippen molar-refractivity contribution in [2.75, 3.05) is 19.6 Å². The molecule has 0 saturated carbocycles. The van der Waals surface area contributed by atoms with Crippen LogP contribution in [0, 0.1) is 5.92 Å². The number of likely N-dealkylation sites (tertiary alicyclic amines) is 1. The highest BCUT2D eigenvalue weighted by atomic mass is 35.5. The van der Waals surface area contributed by atoms with Gasteiger partial charge in [0.1, 0.15) is 0 Å². The van der Waals surface area contributed by atoms with Crippen molar-refractivity contribution in [3.05, 3.63) is 35.4 Å². The van der Waals surface area contributed by atoms with Crippen molar-refractivity contribution < 1.29 is 9.59 Å². The number of benzene rings is 1. The van der Waals surface area contributed by atoms with Crippen molar-refractivity contribution in [2.24, 2.45) is 11.7 Å². The molecule has 2 amide bonds. The number of nitrogens with two attached hydrogens (primary N) is 1. The third-order valence-electron chi connectivity index (χ3n) is 4.56. The second-order valence-electron chi connectivity index (χ2n) is 7.06. The van der Waals surface area contributed by atoms with Crippen LogP contribution in [0.4, 0.5) is 0 Å². The van der Waals surface area contributed by atoms with Gasteiger partial charge in [-0.15, -0.1) is 24.8 Å². The lowest BCUT2D eigenvalue weighted by Crippen LogP contribution is -2.47. The maximum atomic E-state index is 11.8. The molecule has 1 aromatic rings. The van der Waals surface area contributed by atoms with Gasteiger partial charge in [0.05, 0.1) is 12.6 Å². The number of rotatable bonds is 8. The lowest BCUT2D eigenvalue weighted by molar-refractivity contribution is -0.127.